The van der Waals surface area contributed by atoms with Crippen LogP contribution < -0.4 is 5.73 Å². The fraction of sp³-hybridized carbons (Fsp3) is 0.200. The number of furan rings is 1. The number of aromatic nitrogens is 3. The highest BCUT2D eigenvalue weighted by atomic mass is 16.3. The molecular formula is C25H24N6O. The zero-order valence-corrected chi connectivity index (χ0v) is 18.2. The number of nitrogen functional groups attached to an aromatic ring is 1. The van der Waals surface area contributed by atoms with Crippen LogP contribution in [0.4, 0.5) is 5.95 Å². The zero-order chi connectivity index (χ0) is 22.2. The second-order valence-corrected chi connectivity index (χ2v) is 8.00. The molecule has 1 aliphatic rings. The van der Waals surface area contributed by atoms with Crippen LogP contribution in [-0.4, -0.2) is 32.2 Å². The summed E-state index contributed by atoms with van der Waals surface area (Å²) in [4.78, 5) is 19.7. The Balaban J connectivity index is 1.52. The number of aliphatic imine (C=N–C) groups is 1. The molecule has 0 saturated carbocycles. The Kier molecular flexibility index (Phi) is 4.93. The maximum atomic E-state index is 5.63. The van der Waals surface area contributed by atoms with Crippen LogP contribution in [0.1, 0.15) is 36.6 Å². The van der Waals surface area contributed by atoms with Gasteiger partial charge in [0.25, 0.3) is 0 Å². The van der Waals surface area contributed by atoms with Crippen molar-refractivity contribution in [3.63, 3.8) is 0 Å². The molecule has 0 radical (unpaired) electrons. The van der Waals surface area contributed by atoms with E-state index in [2.05, 4.69) is 69.9 Å². The molecule has 32 heavy (non-hydrogen) atoms. The number of allylic oxidation sites excluding steroid dienone is 1. The first-order valence-electron chi connectivity index (χ1n) is 10.5. The van der Waals surface area contributed by atoms with Gasteiger partial charge in [-0.05, 0) is 73.9 Å². The minimum Gasteiger partial charge on any atom is -0.464 e. The molecule has 2 atom stereocenters. The summed E-state index contributed by atoms with van der Waals surface area (Å²) >= 11 is 0. The van der Waals surface area contributed by atoms with Crippen LogP contribution in [0.25, 0.3) is 27.9 Å². The maximum Gasteiger partial charge on any atom is 0.219 e. The average molecular weight is 425 g/mol. The van der Waals surface area contributed by atoms with Crippen molar-refractivity contribution in [3.8, 4) is 11.3 Å². The van der Waals surface area contributed by atoms with Crippen LogP contribution in [0.3, 0.4) is 0 Å². The number of fused-ring (bicyclic) bond motifs is 1. The highest BCUT2D eigenvalue weighted by Crippen LogP contribution is 2.36. The number of nitrogens with two attached hydrogens (primary N) is 1. The summed E-state index contributed by atoms with van der Waals surface area (Å²) in [7, 11) is 0. The average Bonchev–Trinajstić information content (AvgIpc) is 3.19. The fourth-order valence-electron chi connectivity index (χ4n) is 4.19. The number of benzene rings is 1. The third-order valence-electron chi connectivity index (χ3n) is 5.93. The van der Waals surface area contributed by atoms with Crippen LogP contribution in [-0.2, 0) is 0 Å². The number of hydrogen-bond donors (Lipinski definition) is 1. The van der Waals surface area contributed by atoms with Gasteiger partial charge in [0.15, 0.2) is 0 Å². The first-order valence-corrected chi connectivity index (χ1v) is 10.5. The lowest BCUT2D eigenvalue weighted by molar-refractivity contribution is 0.252. The first-order chi connectivity index (χ1) is 15.5. The van der Waals surface area contributed by atoms with Gasteiger partial charge >= 0.3 is 0 Å². The Morgan fingerprint density at radius 3 is 2.69 bits per heavy atom. The van der Waals surface area contributed by atoms with Crippen LogP contribution in [0.2, 0.25) is 0 Å². The van der Waals surface area contributed by atoms with Crippen molar-refractivity contribution in [1.82, 2.24) is 19.9 Å². The maximum absolute atomic E-state index is 5.63. The predicted octanol–water partition coefficient (Wildman–Crippen LogP) is 5.01. The SMILES string of the molecule is Cc1coc2ccc(C3=CC=NC(C)N3C(C)c3ccnc(-c4cnc(N)nc4)c3)cc12. The smallest absolute Gasteiger partial charge is 0.219 e. The van der Waals surface area contributed by atoms with E-state index >= 15 is 0 Å². The van der Waals surface area contributed by atoms with E-state index in [1.165, 1.54) is 0 Å². The summed E-state index contributed by atoms with van der Waals surface area (Å²) in [6.07, 6.45) is 11.0. The van der Waals surface area contributed by atoms with E-state index in [0.29, 0.717) is 0 Å². The molecule has 160 valence electrons. The van der Waals surface area contributed by atoms with Gasteiger partial charge in [0.05, 0.1) is 18.0 Å². The Morgan fingerprint density at radius 1 is 1.06 bits per heavy atom. The van der Waals surface area contributed by atoms with Crippen molar-refractivity contribution in [2.24, 2.45) is 4.99 Å². The van der Waals surface area contributed by atoms with Gasteiger partial charge in [-0.25, -0.2) is 9.97 Å². The molecule has 0 fully saturated rings. The topological polar surface area (TPSA) is 93.4 Å². The van der Waals surface area contributed by atoms with Gasteiger partial charge in [-0.2, -0.15) is 0 Å². The molecule has 2 unspecified atom stereocenters. The second-order valence-electron chi connectivity index (χ2n) is 8.00. The predicted molar refractivity (Wildman–Crippen MR) is 127 cm³/mol. The molecule has 2 N–H and O–H groups in total. The molecular weight excluding hydrogens is 400 g/mol. The number of hydrogen-bond acceptors (Lipinski definition) is 7. The first kappa shape index (κ1) is 19.9. The van der Waals surface area contributed by atoms with Gasteiger partial charge in [0, 0.05) is 41.5 Å². The fourth-order valence-corrected chi connectivity index (χ4v) is 4.19. The highest BCUT2D eigenvalue weighted by molar-refractivity contribution is 5.90. The normalized spacial score (nSPS) is 16.9. The zero-order valence-electron chi connectivity index (χ0n) is 18.2. The third kappa shape index (κ3) is 3.51. The number of rotatable bonds is 4. The minimum absolute atomic E-state index is 0.0115. The Hall–Kier alpha value is -4.00. The molecule has 0 amide bonds. The van der Waals surface area contributed by atoms with Crippen LogP contribution in [0, 0.1) is 6.92 Å². The minimum atomic E-state index is -0.0115. The molecule has 7 nitrogen and oxygen atoms in total. The summed E-state index contributed by atoms with van der Waals surface area (Å²) in [5, 5.41) is 1.13. The number of anilines is 1. The Labute approximate surface area is 186 Å². The molecule has 1 aliphatic heterocycles. The summed E-state index contributed by atoms with van der Waals surface area (Å²) in [6.45, 7) is 6.36. The van der Waals surface area contributed by atoms with Crippen molar-refractivity contribution in [2.45, 2.75) is 33.0 Å². The van der Waals surface area contributed by atoms with Crippen LogP contribution in [0.15, 0.2) is 70.7 Å². The van der Waals surface area contributed by atoms with Crippen LogP contribution >= 0.6 is 0 Å². The molecule has 5 rings (SSSR count). The Bertz CT molecular complexity index is 1340. The van der Waals surface area contributed by atoms with Gasteiger partial charge in [0.1, 0.15) is 11.7 Å². The largest absolute Gasteiger partial charge is 0.464 e. The summed E-state index contributed by atoms with van der Waals surface area (Å²) in [6, 6.07) is 10.5. The van der Waals surface area contributed by atoms with E-state index < -0.39 is 0 Å². The molecule has 1 aromatic carbocycles. The number of aryl methyl sites for hydroxylation is 1. The second kappa shape index (κ2) is 7.92. The third-order valence-corrected chi connectivity index (χ3v) is 5.93. The van der Waals surface area contributed by atoms with E-state index in [4.69, 9.17) is 10.2 Å². The molecule has 4 heterocycles. The van der Waals surface area contributed by atoms with Crippen molar-refractivity contribution in [2.75, 3.05) is 5.73 Å². The van der Waals surface area contributed by atoms with Gasteiger partial charge < -0.3 is 15.1 Å². The van der Waals surface area contributed by atoms with Crippen molar-refractivity contribution >= 4 is 28.8 Å². The van der Waals surface area contributed by atoms with Crippen molar-refractivity contribution < 1.29 is 4.42 Å². The Morgan fingerprint density at radius 2 is 1.88 bits per heavy atom. The van der Waals surface area contributed by atoms with Gasteiger partial charge in [-0.15, -0.1) is 0 Å². The number of pyridine rings is 1. The van der Waals surface area contributed by atoms with Crippen LogP contribution in [0.5, 0.6) is 0 Å². The van der Waals surface area contributed by atoms with Crippen molar-refractivity contribution in [1.29, 1.82) is 0 Å². The van der Waals surface area contributed by atoms with E-state index in [0.717, 1.165) is 44.6 Å². The molecule has 7 heteroatoms. The quantitative estimate of drug-likeness (QED) is 0.495. The lowest BCUT2D eigenvalue weighted by Crippen LogP contribution is -2.35. The van der Waals surface area contributed by atoms with Gasteiger partial charge in [0.2, 0.25) is 5.95 Å². The molecule has 0 saturated heterocycles. The summed E-state index contributed by atoms with van der Waals surface area (Å²) in [5.74, 6) is 0.248. The van der Waals surface area contributed by atoms with E-state index in [1.54, 1.807) is 18.7 Å². The van der Waals surface area contributed by atoms with Gasteiger partial charge in [-0.3, -0.25) is 9.98 Å². The van der Waals surface area contributed by atoms with E-state index in [9.17, 15) is 0 Å². The summed E-state index contributed by atoms with van der Waals surface area (Å²) in [5.41, 5.74) is 12.7. The monoisotopic (exact) mass is 424 g/mol. The molecule has 3 aromatic heterocycles. The highest BCUT2D eigenvalue weighted by Gasteiger charge is 2.26. The standard InChI is InChI=1S/C25H24N6O/c1-15-14-32-24-5-4-19(10-21(15)24)23-7-9-27-17(3)31(23)16(2)18-6-8-28-22(11-18)20-12-29-25(26)30-13-20/h4-14,16-17H,1-3H3,(H2,26,29,30). The van der Waals surface area contributed by atoms with E-state index in [1.807, 2.05) is 24.5 Å². The molecule has 0 aliphatic carbocycles. The lowest BCUT2D eigenvalue weighted by Gasteiger charge is -2.38. The number of nitrogens with zero attached hydrogens (tertiary/aromatic N) is 5. The molecule has 0 spiro atoms. The summed E-state index contributed by atoms with van der Waals surface area (Å²) < 4.78 is 5.63. The molecule has 0 bridgehead atoms. The van der Waals surface area contributed by atoms with E-state index in [-0.39, 0.29) is 18.2 Å². The van der Waals surface area contributed by atoms with Gasteiger partial charge in [-0.1, -0.05) is 0 Å². The van der Waals surface area contributed by atoms with Crippen molar-refractivity contribution in [3.05, 3.63) is 78.0 Å². The lowest BCUT2D eigenvalue weighted by atomic mass is 10.00. The molecule has 4 aromatic rings.